The number of para-hydroxylation sites is 1. The lowest BCUT2D eigenvalue weighted by atomic mass is 10.3. The average Bonchev–Trinajstić information content (AvgIpc) is 2.78. The Morgan fingerprint density at radius 3 is 2.76 bits per heavy atom. The molecule has 0 fully saturated rings. The Morgan fingerprint density at radius 2 is 2.12 bits per heavy atom. The Labute approximate surface area is 102 Å². The van der Waals surface area contributed by atoms with E-state index in [0.29, 0.717) is 5.16 Å². The minimum absolute atomic E-state index is 0.535. The zero-order valence-corrected chi connectivity index (χ0v) is 9.92. The third-order valence-corrected chi connectivity index (χ3v) is 3.17. The molecule has 1 aromatic carbocycles. The predicted molar refractivity (Wildman–Crippen MR) is 61.7 cm³/mol. The van der Waals surface area contributed by atoms with Gasteiger partial charge in [0.05, 0.1) is 11.7 Å². The van der Waals surface area contributed by atoms with E-state index in [1.54, 1.807) is 11.6 Å². The van der Waals surface area contributed by atoms with Gasteiger partial charge in [-0.3, -0.25) is 0 Å². The van der Waals surface area contributed by atoms with Crippen molar-refractivity contribution < 1.29 is 9.90 Å². The molecule has 1 heterocycles. The molecular weight excluding hydrogens is 238 g/mol. The first-order chi connectivity index (χ1) is 8.18. The molecule has 1 aromatic heterocycles. The smallest absolute Gasteiger partial charge is 0.191 e. The predicted octanol–water partition coefficient (Wildman–Crippen LogP) is 0.498. The fraction of sp³-hybridized carbons (Fsp3) is 0.182. The molecule has 1 atom stereocenters. The minimum atomic E-state index is -1.11. The fourth-order valence-electron chi connectivity index (χ4n) is 1.26. The molecule has 0 unspecified atom stereocenters. The summed E-state index contributed by atoms with van der Waals surface area (Å²) < 4.78 is 1.60. The first-order valence-corrected chi connectivity index (χ1v) is 5.89. The molecule has 0 radical (unpaired) electrons. The maximum absolute atomic E-state index is 10.7. The second-order valence-electron chi connectivity index (χ2n) is 3.37. The van der Waals surface area contributed by atoms with Crippen molar-refractivity contribution in [3.05, 3.63) is 36.7 Å². The molecular formula is C11H10N3O2S-. The maximum atomic E-state index is 10.7. The summed E-state index contributed by atoms with van der Waals surface area (Å²) in [6.07, 6.45) is 1.40. The molecule has 6 heteroatoms. The van der Waals surface area contributed by atoms with Crippen LogP contribution < -0.4 is 5.11 Å². The van der Waals surface area contributed by atoms with Gasteiger partial charge in [-0.2, -0.15) is 5.10 Å². The molecule has 0 spiro atoms. The lowest BCUT2D eigenvalue weighted by molar-refractivity contribution is -0.304. The van der Waals surface area contributed by atoms with Crippen LogP contribution in [0.1, 0.15) is 6.92 Å². The van der Waals surface area contributed by atoms with Gasteiger partial charge in [-0.1, -0.05) is 30.0 Å². The van der Waals surface area contributed by atoms with Gasteiger partial charge >= 0.3 is 0 Å². The molecule has 2 rings (SSSR count). The highest BCUT2D eigenvalue weighted by atomic mass is 32.2. The van der Waals surface area contributed by atoms with Crippen LogP contribution in [-0.4, -0.2) is 26.0 Å². The molecule has 0 bridgehead atoms. The van der Waals surface area contributed by atoms with Gasteiger partial charge in [0.15, 0.2) is 5.16 Å². The number of carboxylic acid groups (broad SMARTS) is 1. The number of carbonyl (C=O) groups excluding carboxylic acids is 1. The number of carbonyl (C=O) groups is 1. The normalized spacial score (nSPS) is 12.3. The molecule has 0 saturated carbocycles. The summed E-state index contributed by atoms with van der Waals surface area (Å²) in [4.78, 5) is 14.7. The van der Waals surface area contributed by atoms with Crippen LogP contribution in [0.4, 0.5) is 0 Å². The van der Waals surface area contributed by atoms with E-state index in [2.05, 4.69) is 10.1 Å². The minimum Gasteiger partial charge on any atom is -0.549 e. The Hall–Kier alpha value is -1.82. The molecule has 0 N–H and O–H groups in total. The van der Waals surface area contributed by atoms with E-state index >= 15 is 0 Å². The number of hydrogen-bond acceptors (Lipinski definition) is 5. The van der Waals surface area contributed by atoms with E-state index in [1.807, 2.05) is 30.3 Å². The van der Waals surface area contributed by atoms with E-state index in [0.717, 1.165) is 17.4 Å². The molecule has 17 heavy (non-hydrogen) atoms. The topological polar surface area (TPSA) is 70.8 Å². The Kier molecular flexibility index (Phi) is 3.43. The van der Waals surface area contributed by atoms with Gasteiger partial charge in [0.25, 0.3) is 0 Å². The van der Waals surface area contributed by atoms with E-state index < -0.39 is 11.2 Å². The lowest BCUT2D eigenvalue weighted by Gasteiger charge is -2.11. The van der Waals surface area contributed by atoms with Crippen molar-refractivity contribution in [2.24, 2.45) is 0 Å². The third-order valence-electron chi connectivity index (χ3n) is 2.13. The maximum Gasteiger partial charge on any atom is 0.191 e. The third kappa shape index (κ3) is 2.65. The van der Waals surface area contributed by atoms with Crippen molar-refractivity contribution in [2.45, 2.75) is 17.3 Å². The van der Waals surface area contributed by atoms with Crippen LogP contribution in [0.5, 0.6) is 0 Å². The van der Waals surface area contributed by atoms with Crippen molar-refractivity contribution in [2.75, 3.05) is 0 Å². The summed E-state index contributed by atoms with van der Waals surface area (Å²) in [6.45, 7) is 1.56. The van der Waals surface area contributed by atoms with E-state index in [9.17, 15) is 9.90 Å². The highest BCUT2D eigenvalue weighted by Gasteiger charge is 2.12. The highest BCUT2D eigenvalue weighted by Crippen LogP contribution is 2.22. The van der Waals surface area contributed by atoms with Gasteiger partial charge in [-0.15, -0.1) is 0 Å². The number of benzene rings is 1. The SMILES string of the molecule is C[C@H](Sc1ncnn1-c1ccccc1)C(=O)[O-]. The van der Waals surface area contributed by atoms with Gasteiger partial charge in [0, 0.05) is 5.25 Å². The van der Waals surface area contributed by atoms with Gasteiger partial charge in [0.2, 0.25) is 0 Å². The molecule has 0 aliphatic carbocycles. The fourth-order valence-corrected chi connectivity index (χ4v) is 2.04. The monoisotopic (exact) mass is 248 g/mol. The second-order valence-corrected chi connectivity index (χ2v) is 4.68. The average molecular weight is 248 g/mol. The van der Waals surface area contributed by atoms with Crippen molar-refractivity contribution >= 4 is 17.7 Å². The summed E-state index contributed by atoms with van der Waals surface area (Å²) in [6, 6.07) is 9.42. The van der Waals surface area contributed by atoms with E-state index in [-0.39, 0.29) is 0 Å². The zero-order valence-electron chi connectivity index (χ0n) is 9.11. The summed E-state index contributed by atoms with van der Waals surface area (Å²) in [5.41, 5.74) is 0.845. The molecule has 88 valence electrons. The molecule has 0 saturated heterocycles. The van der Waals surface area contributed by atoms with Crippen molar-refractivity contribution in [3.63, 3.8) is 0 Å². The number of carboxylic acids is 1. The first-order valence-electron chi connectivity index (χ1n) is 5.01. The van der Waals surface area contributed by atoms with Crippen molar-refractivity contribution in [1.82, 2.24) is 14.8 Å². The van der Waals surface area contributed by atoms with Crippen molar-refractivity contribution in [1.29, 1.82) is 0 Å². The number of aliphatic carboxylic acids is 1. The summed E-state index contributed by atoms with van der Waals surface area (Å²) in [5, 5.41) is 14.6. The van der Waals surface area contributed by atoms with Crippen LogP contribution in [0.25, 0.3) is 5.69 Å². The summed E-state index contributed by atoms with van der Waals surface area (Å²) in [7, 11) is 0. The van der Waals surface area contributed by atoms with Gasteiger partial charge in [-0.05, 0) is 19.1 Å². The van der Waals surface area contributed by atoms with E-state index in [4.69, 9.17) is 0 Å². The van der Waals surface area contributed by atoms with Crippen LogP contribution in [0.15, 0.2) is 41.8 Å². The number of nitrogens with zero attached hydrogens (tertiary/aromatic N) is 3. The number of rotatable bonds is 4. The quantitative estimate of drug-likeness (QED) is 0.737. The standard InChI is InChI=1S/C11H11N3O2S/c1-8(10(15)16)17-11-12-7-13-14(11)9-5-3-2-4-6-9/h2-8H,1H3,(H,15,16)/p-1/t8-/m0/s1. The Bertz CT molecular complexity index is 512. The second kappa shape index (κ2) is 5.01. The molecule has 0 amide bonds. The number of hydrogen-bond donors (Lipinski definition) is 0. The molecule has 0 aliphatic heterocycles. The Morgan fingerprint density at radius 1 is 1.41 bits per heavy atom. The highest BCUT2D eigenvalue weighted by molar-refractivity contribution is 8.00. The van der Waals surface area contributed by atoms with Crippen molar-refractivity contribution in [3.8, 4) is 5.69 Å². The number of thioether (sulfide) groups is 1. The zero-order chi connectivity index (χ0) is 12.3. The van der Waals surface area contributed by atoms with Gasteiger partial charge in [0.1, 0.15) is 6.33 Å². The van der Waals surface area contributed by atoms with Crippen LogP contribution in [0.2, 0.25) is 0 Å². The molecule has 5 nitrogen and oxygen atoms in total. The summed E-state index contributed by atoms with van der Waals surface area (Å²) >= 11 is 1.11. The lowest BCUT2D eigenvalue weighted by Crippen LogP contribution is -2.31. The molecule has 0 aliphatic rings. The van der Waals surface area contributed by atoms with Gasteiger partial charge in [-0.25, -0.2) is 9.67 Å². The summed E-state index contributed by atoms with van der Waals surface area (Å²) in [5.74, 6) is -1.11. The number of aromatic nitrogens is 3. The van der Waals surface area contributed by atoms with Crippen LogP contribution in [0, 0.1) is 0 Å². The van der Waals surface area contributed by atoms with Gasteiger partial charge < -0.3 is 9.90 Å². The first kappa shape index (κ1) is 11.7. The van der Waals surface area contributed by atoms with E-state index in [1.165, 1.54) is 6.33 Å². The molecule has 2 aromatic rings. The largest absolute Gasteiger partial charge is 0.549 e. The Balaban J connectivity index is 2.26. The van der Waals surface area contributed by atoms with Crippen LogP contribution in [-0.2, 0) is 4.79 Å². The van der Waals surface area contributed by atoms with Crippen LogP contribution in [0.3, 0.4) is 0 Å². The van der Waals surface area contributed by atoms with Crippen LogP contribution >= 0.6 is 11.8 Å².